The van der Waals surface area contributed by atoms with Crippen LogP contribution in [0.25, 0.3) is 0 Å². The van der Waals surface area contributed by atoms with Gasteiger partial charge in [0, 0.05) is 10.6 Å². The van der Waals surface area contributed by atoms with Gasteiger partial charge in [-0.05, 0) is 60.8 Å². The van der Waals surface area contributed by atoms with Crippen LogP contribution in [0.4, 0.5) is 14.5 Å². The second-order valence-corrected chi connectivity index (χ2v) is 12.3. The molecule has 0 radical (unpaired) electrons. The molecule has 0 aliphatic rings. The topological polar surface area (TPSA) is 46.2 Å². The molecule has 0 aliphatic carbocycles. The third-order valence-corrected chi connectivity index (χ3v) is 5.91. The lowest BCUT2D eigenvalue weighted by Gasteiger charge is -2.15. The minimum absolute atomic E-state index is 0.143. The Labute approximate surface area is 159 Å². The fourth-order valence-corrected chi connectivity index (χ4v) is 4.02. The Kier molecular flexibility index (Phi) is 5.91. The first kappa shape index (κ1) is 20.6. The molecule has 2 rings (SSSR count). The van der Waals surface area contributed by atoms with Crippen molar-refractivity contribution in [1.29, 1.82) is 0 Å². The molecule has 0 atom stereocenters. The lowest BCUT2D eigenvalue weighted by molar-refractivity contribution is 0.582. The number of anilines is 1. The molecule has 0 heterocycles. The molecule has 26 heavy (non-hydrogen) atoms. The van der Waals surface area contributed by atoms with Gasteiger partial charge in [0.05, 0.1) is 4.90 Å². The third-order valence-electron chi connectivity index (χ3n) is 3.29. The number of benzene rings is 2. The summed E-state index contributed by atoms with van der Waals surface area (Å²) in [5.41, 5.74) is -0.319. The van der Waals surface area contributed by atoms with Crippen LogP contribution in [0.3, 0.4) is 0 Å². The van der Waals surface area contributed by atoms with Crippen molar-refractivity contribution >= 4 is 37.3 Å². The van der Waals surface area contributed by atoms with Crippen LogP contribution in [0.2, 0.25) is 5.02 Å². The maximum absolute atomic E-state index is 14.3. The van der Waals surface area contributed by atoms with Crippen molar-refractivity contribution in [3.8, 4) is 11.2 Å². The smallest absolute Gasteiger partial charge is 0.262 e. The predicted molar refractivity (Wildman–Crippen MR) is 106 cm³/mol. The molecular weight excluding hydrogens is 400 g/mol. The van der Waals surface area contributed by atoms with Gasteiger partial charge in [-0.3, -0.25) is 4.72 Å². The largest absolute Gasteiger partial charge is 0.274 e. The van der Waals surface area contributed by atoms with Gasteiger partial charge in [-0.1, -0.05) is 23.6 Å². The summed E-state index contributed by atoms with van der Waals surface area (Å²) >= 11 is 5.92. The summed E-state index contributed by atoms with van der Waals surface area (Å²) in [5.74, 6) is 0.636. The highest BCUT2D eigenvalue weighted by molar-refractivity contribution is 8.35. The number of nitrogens with one attached hydrogen (secondary N) is 1. The fraction of sp³-hybridized carbons (Fsp3) is 0.222. The SMILES string of the molecule is Cc1c(Cl)cccc1S(=O)(=O)Nc1c(F)cc(C#CS(C)(C)C)cc1F. The van der Waals surface area contributed by atoms with E-state index in [1.807, 2.05) is 23.5 Å². The van der Waals surface area contributed by atoms with Crippen molar-refractivity contribution in [2.45, 2.75) is 11.8 Å². The van der Waals surface area contributed by atoms with E-state index in [9.17, 15) is 17.2 Å². The van der Waals surface area contributed by atoms with Gasteiger partial charge in [0.25, 0.3) is 10.0 Å². The molecule has 0 unspecified atom stereocenters. The quantitative estimate of drug-likeness (QED) is 0.734. The van der Waals surface area contributed by atoms with E-state index in [0.29, 0.717) is 0 Å². The first-order chi connectivity index (χ1) is 11.9. The molecule has 0 aliphatic heterocycles. The molecule has 2 aromatic carbocycles. The summed E-state index contributed by atoms with van der Waals surface area (Å²) in [6, 6.07) is 6.30. The highest BCUT2D eigenvalue weighted by Crippen LogP contribution is 2.33. The van der Waals surface area contributed by atoms with E-state index in [1.165, 1.54) is 25.1 Å². The molecule has 0 aromatic heterocycles. The van der Waals surface area contributed by atoms with Gasteiger partial charge in [-0.15, -0.1) is 0 Å². The Hall–Kier alpha value is -1.75. The minimum atomic E-state index is -4.21. The zero-order valence-electron chi connectivity index (χ0n) is 14.7. The Morgan fingerprint density at radius 1 is 1.08 bits per heavy atom. The summed E-state index contributed by atoms with van der Waals surface area (Å²) in [7, 11) is -5.37. The van der Waals surface area contributed by atoms with E-state index < -0.39 is 37.4 Å². The molecule has 0 fully saturated rings. The van der Waals surface area contributed by atoms with Gasteiger partial charge in [-0.25, -0.2) is 17.2 Å². The molecule has 140 valence electrons. The molecular formula is C18H18ClF2NO2S2. The van der Waals surface area contributed by atoms with Crippen LogP contribution in [-0.2, 0) is 10.0 Å². The second kappa shape index (κ2) is 7.47. The predicted octanol–water partition coefficient (Wildman–Crippen LogP) is 4.73. The van der Waals surface area contributed by atoms with E-state index in [0.717, 1.165) is 12.1 Å². The van der Waals surface area contributed by atoms with Crippen LogP contribution in [0.15, 0.2) is 35.2 Å². The fourth-order valence-electron chi connectivity index (χ4n) is 2.02. The van der Waals surface area contributed by atoms with Crippen molar-refractivity contribution in [2.75, 3.05) is 23.5 Å². The molecule has 1 N–H and O–H groups in total. The summed E-state index contributed by atoms with van der Waals surface area (Å²) < 4.78 is 55.6. The highest BCUT2D eigenvalue weighted by Gasteiger charge is 2.22. The number of sulfonamides is 1. The molecule has 0 bridgehead atoms. The molecule has 8 heteroatoms. The van der Waals surface area contributed by atoms with E-state index in [2.05, 4.69) is 11.2 Å². The van der Waals surface area contributed by atoms with Crippen LogP contribution in [0, 0.1) is 29.7 Å². The maximum Gasteiger partial charge on any atom is 0.262 e. The van der Waals surface area contributed by atoms with Crippen molar-refractivity contribution in [3.63, 3.8) is 0 Å². The van der Waals surface area contributed by atoms with Gasteiger partial charge in [0.2, 0.25) is 0 Å². The molecule has 0 saturated heterocycles. The van der Waals surface area contributed by atoms with E-state index in [-0.39, 0.29) is 21.0 Å². The molecule has 0 amide bonds. The van der Waals surface area contributed by atoms with Crippen LogP contribution in [0.5, 0.6) is 0 Å². The summed E-state index contributed by atoms with van der Waals surface area (Å²) in [5, 5.41) is 3.19. The van der Waals surface area contributed by atoms with Crippen molar-refractivity contribution in [3.05, 3.63) is 58.1 Å². The zero-order chi connectivity index (χ0) is 19.7. The van der Waals surface area contributed by atoms with Crippen LogP contribution in [0.1, 0.15) is 11.1 Å². The lowest BCUT2D eigenvalue weighted by atomic mass is 10.2. The standard InChI is InChI=1S/C18H18ClF2NO2S2/c1-12-14(19)6-5-7-17(12)26(23,24)22-18-15(20)10-13(11-16(18)21)8-9-25(2,3)4/h5-7,10-11,22H,1-4H3. The Balaban J connectivity index is 2.44. The average molecular weight is 418 g/mol. The summed E-state index contributed by atoms with van der Waals surface area (Å²) in [6.45, 7) is 1.51. The minimum Gasteiger partial charge on any atom is -0.274 e. The lowest BCUT2D eigenvalue weighted by Crippen LogP contribution is -2.16. The molecule has 3 nitrogen and oxygen atoms in total. The van der Waals surface area contributed by atoms with Gasteiger partial charge < -0.3 is 0 Å². The third kappa shape index (κ3) is 4.91. The van der Waals surface area contributed by atoms with Gasteiger partial charge in [0.15, 0.2) is 11.6 Å². The monoisotopic (exact) mass is 417 g/mol. The second-order valence-electron chi connectivity index (χ2n) is 6.35. The maximum atomic E-state index is 14.3. The molecule has 0 saturated carbocycles. The number of halogens is 3. The Morgan fingerprint density at radius 3 is 2.19 bits per heavy atom. The first-order valence-electron chi connectivity index (χ1n) is 7.39. The number of hydrogen-bond acceptors (Lipinski definition) is 2. The first-order valence-corrected chi connectivity index (χ1v) is 12.1. The Bertz CT molecular complexity index is 997. The van der Waals surface area contributed by atoms with Crippen LogP contribution < -0.4 is 4.72 Å². The summed E-state index contributed by atoms with van der Waals surface area (Å²) in [6.07, 6.45) is 5.84. The van der Waals surface area contributed by atoms with Gasteiger partial charge in [-0.2, -0.15) is 10.0 Å². The zero-order valence-corrected chi connectivity index (χ0v) is 17.0. The Morgan fingerprint density at radius 2 is 1.65 bits per heavy atom. The van der Waals surface area contributed by atoms with Crippen molar-refractivity contribution < 1.29 is 17.2 Å². The molecule has 2 aromatic rings. The van der Waals surface area contributed by atoms with Crippen LogP contribution in [-0.4, -0.2) is 27.2 Å². The normalized spacial score (nSPS) is 12.3. The van der Waals surface area contributed by atoms with E-state index in [4.69, 9.17) is 11.6 Å². The van der Waals surface area contributed by atoms with Crippen LogP contribution >= 0.6 is 21.6 Å². The number of rotatable bonds is 3. The van der Waals surface area contributed by atoms with E-state index in [1.54, 1.807) is 0 Å². The van der Waals surface area contributed by atoms with Crippen molar-refractivity contribution in [1.82, 2.24) is 0 Å². The average Bonchev–Trinajstić information content (AvgIpc) is 2.51. The van der Waals surface area contributed by atoms with E-state index >= 15 is 0 Å². The summed E-state index contributed by atoms with van der Waals surface area (Å²) in [4.78, 5) is -0.149. The number of hydrogen-bond donors (Lipinski definition) is 1. The van der Waals surface area contributed by atoms with Gasteiger partial charge >= 0.3 is 0 Å². The highest BCUT2D eigenvalue weighted by atomic mass is 35.5. The van der Waals surface area contributed by atoms with Gasteiger partial charge in [0.1, 0.15) is 5.69 Å². The van der Waals surface area contributed by atoms with Crippen molar-refractivity contribution in [2.24, 2.45) is 0 Å². The molecule has 0 spiro atoms.